The van der Waals surface area contributed by atoms with Gasteiger partial charge in [0, 0.05) is 25.4 Å². The first-order valence-electron chi connectivity index (χ1n) is 27.0. The van der Waals surface area contributed by atoms with E-state index in [1.54, 1.807) is 0 Å². The van der Waals surface area contributed by atoms with E-state index in [2.05, 4.69) is 17.0 Å². The average molecular weight is 1140 g/mol. The number of rotatable bonds is 65. The van der Waals surface area contributed by atoms with Gasteiger partial charge in [0.25, 0.3) is 0 Å². The average Bonchev–Trinajstić information content (AvgIpc) is 3.39. The number of carboxylic acid groups (broad SMARTS) is 1. The molecule has 1 N–H and O–H groups in total. The van der Waals surface area contributed by atoms with Crippen molar-refractivity contribution >= 4 is 28.0 Å². The Balaban J connectivity index is -0.0000281. The van der Waals surface area contributed by atoms with Crippen LogP contribution in [0.4, 0.5) is 0 Å². The maximum Gasteiger partial charge on any atom is 1.00 e. The van der Waals surface area contributed by atoms with E-state index in [0.717, 1.165) is 12.8 Å². The Morgan fingerprint density at radius 1 is 0.372 bits per heavy atom. The molecule has 1 unspecified atom stereocenters. The van der Waals surface area contributed by atoms with Crippen molar-refractivity contribution in [3.05, 3.63) is 0 Å². The second-order valence-electron chi connectivity index (χ2n) is 16.5. The number of carbonyl (C=O) groups is 3. The maximum atomic E-state index is 11.9. The Hall–Kier alpha value is -1.13. The number of carboxylic acids is 1. The molecule has 1 atom stereocenters. The standard InChI is InChI=1S/C50H97NO24S.2Li/c1-2-3-4-5-6-7-8-9-10-11-48(52)51-12-13-59-14-15-60-16-17-61-18-19-62-20-21-63-22-23-64-24-25-65-26-27-66-28-29-67-30-31-68-32-33-69-34-35-70-36-37-71-38-39-72-40-41-73-42-43-74-44-45-75-50(55)47(46-49(53)54)76(56,57)58;;/h47H,2-46H2,1H3,(H,51,52)(H,53,54)(H,56,57,58);;/q;2*+1/p-2. The number of aliphatic carboxylic acids is 1. The normalized spacial score (nSPS) is 11.8. The van der Waals surface area contributed by atoms with Gasteiger partial charge in [0.1, 0.15) is 16.7 Å². The van der Waals surface area contributed by atoms with Gasteiger partial charge in [-0.1, -0.05) is 58.3 Å². The summed E-state index contributed by atoms with van der Waals surface area (Å²) in [7, 11) is -5.20. The minimum atomic E-state index is -5.20. The van der Waals surface area contributed by atoms with Gasteiger partial charge in [0.2, 0.25) is 5.91 Å². The predicted molar refractivity (Wildman–Crippen MR) is 272 cm³/mol. The van der Waals surface area contributed by atoms with Crippen LogP contribution in [0.15, 0.2) is 0 Å². The Kier molecular flexibility index (Phi) is 69.3. The van der Waals surface area contributed by atoms with E-state index in [1.807, 2.05) is 0 Å². The van der Waals surface area contributed by atoms with E-state index in [-0.39, 0.29) is 70.1 Å². The third kappa shape index (κ3) is 65.7. The molecule has 0 aliphatic rings. The predicted octanol–water partition coefficient (Wildman–Crippen LogP) is -5.11. The number of unbranched alkanes of at least 4 members (excludes halogenated alkanes) is 8. The van der Waals surface area contributed by atoms with Crippen molar-refractivity contribution in [2.45, 2.75) is 82.8 Å². The minimum Gasteiger partial charge on any atom is -0.747 e. The molecule has 0 radical (unpaired) electrons. The molecule has 0 aromatic rings. The van der Waals surface area contributed by atoms with Crippen molar-refractivity contribution < 1.29 is 151 Å². The number of hydrogen-bond donors (Lipinski definition) is 1. The summed E-state index contributed by atoms with van der Waals surface area (Å²) in [5.41, 5.74) is 0. The van der Waals surface area contributed by atoms with E-state index >= 15 is 0 Å². The first-order valence-corrected chi connectivity index (χ1v) is 28.5. The third-order valence-electron chi connectivity index (χ3n) is 10.1. The molecular weight excluding hydrogens is 1040 g/mol. The van der Waals surface area contributed by atoms with Crippen LogP contribution in [0.5, 0.6) is 0 Å². The van der Waals surface area contributed by atoms with Crippen LogP contribution in [0.2, 0.25) is 0 Å². The van der Waals surface area contributed by atoms with Gasteiger partial charge < -0.3 is 100 Å². The fourth-order valence-corrected chi connectivity index (χ4v) is 6.74. The maximum absolute atomic E-state index is 11.9. The first-order chi connectivity index (χ1) is 37.2. The fourth-order valence-electron chi connectivity index (χ4n) is 6.10. The number of ether oxygens (including phenoxy) is 17. The van der Waals surface area contributed by atoms with Gasteiger partial charge in [-0.15, -0.1) is 0 Å². The molecule has 0 saturated heterocycles. The summed E-state index contributed by atoms with van der Waals surface area (Å²) in [6.45, 7) is 15.6. The van der Waals surface area contributed by atoms with E-state index in [1.165, 1.54) is 44.9 Å². The summed E-state index contributed by atoms with van der Waals surface area (Å²) < 4.78 is 125. The second kappa shape index (κ2) is 66.7. The van der Waals surface area contributed by atoms with Crippen LogP contribution in [-0.2, 0) is 105 Å². The van der Waals surface area contributed by atoms with E-state index in [4.69, 9.17) is 75.8 Å². The summed E-state index contributed by atoms with van der Waals surface area (Å²) in [5, 5.41) is 11.1. The van der Waals surface area contributed by atoms with E-state index in [0.29, 0.717) is 205 Å². The molecule has 78 heavy (non-hydrogen) atoms. The molecule has 28 heteroatoms. The Bertz CT molecular complexity index is 1370. The van der Waals surface area contributed by atoms with Crippen molar-refractivity contribution in [1.82, 2.24) is 5.32 Å². The minimum absolute atomic E-state index is 0. The first kappa shape index (κ1) is 81.1. The number of hydrogen-bond acceptors (Lipinski definition) is 24. The van der Waals surface area contributed by atoms with Crippen molar-refractivity contribution in [1.29, 1.82) is 0 Å². The number of carbonyl (C=O) groups excluding carboxylic acids is 3. The summed E-state index contributed by atoms with van der Waals surface area (Å²) in [5.74, 6) is -3.24. The number of amides is 1. The topological polar surface area (TPSA) is 300 Å². The van der Waals surface area contributed by atoms with Gasteiger partial charge in [0.05, 0.1) is 211 Å². The zero-order valence-corrected chi connectivity index (χ0v) is 48.4. The van der Waals surface area contributed by atoms with Crippen LogP contribution in [-0.4, -0.2) is 261 Å². The fraction of sp³-hybridized carbons (Fsp3) is 0.940. The molecular formula is C50H95Li2NO24S. The van der Waals surface area contributed by atoms with Gasteiger partial charge >= 0.3 is 43.7 Å². The van der Waals surface area contributed by atoms with Crippen LogP contribution in [0.3, 0.4) is 0 Å². The second-order valence-corrected chi connectivity index (χ2v) is 18.0. The molecule has 0 aromatic carbocycles. The van der Waals surface area contributed by atoms with E-state index < -0.39 is 33.7 Å². The van der Waals surface area contributed by atoms with Crippen LogP contribution in [0.1, 0.15) is 77.6 Å². The molecule has 0 aliphatic heterocycles. The Morgan fingerprint density at radius 3 is 0.846 bits per heavy atom. The molecule has 0 aliphatic carbocycles. The Labute approximate surface area is 489 Å². The molecule has 0 fully saturated rings. The van der Waals surface area contributed by atoms with Gasteiger partial charge in [0.15, 0.2) is 5.25 Å². The molecule has 0 bridgehead atoms. The molecule has 0 saturated carbocycles. The quantitative estimate of drug-likeness (QED) is 0.0258. The SMILES string of the molecule is CCCCCCCCCCCC(=O)NCCOCCOCCOCCOCCOCCOCCOCCOCCOCCOCCOCCOCCOCCOCCOCCOCCOC(=O)C(CC(=O)[O-])S(=O)(=O)[O-].[Li+].[Li+]. The smallest absolute Gasteiger partial charge is 0.747 e. The van der Waals surface area contributed by atoms with E-state index in [9.17, 15) is 32.5 Å². The molecule has 25 nitrogen and oxygen atoms in total. The molecule has 1 amide bonds. The van der Waals surface area contributed by atoms with Crippen molar-refractivity contribution in [3.8, 4) is 0 Å². The third-order valence-corrected chi connectivity index (χ3v) is 11.1. The van der Waals surface area contributed by atoms with Crippen LogP contribution < -0.4 is 48.1 Å². The van der Waals surface area contributed by atoms with Crippen LogP contribution >= 0.6 is 0 Å². The summed E-state index contributed by atoms with van der Waals surface area (Å²) >= 11 is 0. The molecule has 0 rings (SSSR count). The molecule has 0 heterocycles. The van der Waals surface area contributed by atoms with Crippen molar-refractivity contribution in [3.63, 3.8) is 0 Å². The summed E-state index contributed by atoms with van der Waals surface area (Å²) in [4.78, 5) is 34.1. The summed E-state index contributed by atoms with van der Waals surface area (Å²) in [6.07, 6.45) is 10.5. The van der Waals surface area contributed by atoms with Gasteiger partial charge in [-0.05, 0) is 6.42 Å². The van der Waals surface area contributed by atoms with Gasteiger partial charge in [-0.25, -0.2) is 8.42 Å². The zero-order valence-electron chi connectivity index (χ0n) is 47.6. The van der Waals surface area contributed by atoms with Crippen LogP contribution in [0, 0.1) is 0 Å². The number of esters is 1. The van der Waals surface area contributed by atoms with Gasteiger partial charge in [-0.3, -0.25) is 9.59 Å². The largest absolute Gasteiger partial charge is 1.00 e. The van der Waals surface area contributed by atoms with Crippen molar-refractivity contribution in [2.24, 2.45) is 0 Å². The Morgan fingerprint density at radius 2 is 0.603 bits per heavy atom. The number of nitrogens with one attached hydrogen (secondary N) is 1. The monoisotopic (exact) mass is 1140 g/mol. The van der Waals surface area contributed by atoms with Crippen molar-refractivity contribution in [2.75, 3.05) is 225 Å². The van der Waals surface area contributed by atoms with Crippen LogP contribution in [0.25, 0.3) is 0 Å². The summed E-state index contributed by atoms with van der Waals surface area (Å²) in [6, 6.07) is 0. The van der Waals surface area contributed by atoms with Gasteiger partial charge in [-0.2, -0.15) is 0 Å². The molecule has 452 valence electrons. The molecule has 0 spiro atoms. The molecule has 0 aromatic heterocycles. The zero-order chi connectivity index (χ0) is 55.4.